The molecule has 3 rings (SSSR count). The van der Waals surface area contributed by atoms with Gasteiger partial charge in [0.05, 0.1) is 11.1 Å². The molecule has 0 radical (unpaired) electrons. The van der Waals surface area contributed by atoms with E-state index in [-0.39, 0.29) is 30.3 Å². The number of amides is 1. The Bertz CT molecular complexity index is 998. The van der Waals surface area contributed by atoms with Gasteiger partial charge in [0, 0.05) is 29.6 Å². The smallest absolute Gasteiger partial charge is 0.272 e. The molecule has 1 aromatic heterocycles. The summed E-state index contributed by atoms with van der Waals surface area (Å²) in [6.07, 6.45) is 3.74. The Morgan fingerprint density at radius 3 is 2.65 bits per heavy atom. The second kappa shape index (κ2) is 8.94. The molecule has 0 aliphatic carbocycles. The zero-order chi connectivity index (χ0) is 17.6. The Morgan fingerprint density at radius 1 is 1.12 bits per heavy atom. The number of carbonyl (C=O) groups excluding carboxylic acids is 1. The molecule has 134 valence electrons. The number of benzene rings is 2. The molecule has 1 heterocycles. The molecule has 3 aromatic rings. The Morgan fingerprint density at radius 2 is 1.88 bits per heavy atom. The highest BCUT2D eigenvalue weighted by Gasteiger charge is 2.09. The lowest BCUT2D eigenvalue weighted by Gasteiger charge is -2.08. The molecule has 0 fully saturated rings. The van der Waals surface area contributed by atoms with E-state index in [1.54, 1.807) is 18.2 Å². The number of aromatic nitrogens is 2. The van der Waals surface area contributed by atoms with E-state index in [1.807, 2.05) is 42.5 Å². The number of hydrogen-bond donors (Lipinski definition) is 3. The summed E-state index contributed by atoms with van der Waals surface area (Å²) in [6.45, 7) is 0.410. The second-order valence-corrected chi connectivity index (χ2v) is 5.49. The molecule has 0 atom stereocenters. The van der Waals surface area contributed by atoms with Gasteiger partial charge < -0.3 is 11.1 Å². The molecular formula is C19H19ClN4O2. The minimum absolute atomic E-state index is 0. The third-order valence-corrected chi connectivity index (χ3v) is 3.72. The quantitative estimate of drug-likeness (QED) is 0.601. The van der Waals surface area contributed by atoms with E-state index < -0.39 is 0 Å². The molecule has 2 aromatic carbocycles. The van der Waals surface area contributed by atoms with Gasteiger partial charge >= 0.3 is 0 Å². The standard InChI is InChI=1S/C19H18N4O2.ClH/c20-11-4-3-10-17(24)21-14-7-5-6-13(12-14)18-15-8-1-2-9-16(15)19(25)23-22-18;/h1-9,12H,10-11,20H2,(H,21,24)(H,23,25);1H/b4-3+;. The van der Waals surface area contributed by atoms with Crippen molar-refractivity contribution in [2.45, 2.75) is 6.42 Å². The normalized spacial score (nSPS) is 10.7. The topological polar surface area (TPSA) is 101 Å². The highest BCUT2D eigenvalue weighted by Crippen LogP contribution is 2.26. The predicted octanol–water partition coefficient (Wildman–Crippen LogP) is 2.86. The molecular weight excluding hydrogens is 352 g/mol. The van der Waals surface area contributed by atoms with Gasteiger partial charge in [-0.25, -0.2) is 5.10 Å². The number of anilines is 1. The maximum atomic E-state index is 11.9. The van der Waals surface area contributed by atoms with Gasteiger partial charge in [0.15, 0.2) is 0 Å². The molecule has 0 saturated carbocycles. The van der Waals surface area contributed by atoms with Crippen LogP contribution in [0.1, 0.15) is 6.42 Å². The van der Waals surface area contributed by atoms with Gasteiger partial charge in [-0.05, 0) is 18.2 Å². The number of hydrogen-bond acceptors (Lipinski definition) is 4. The number of rotatable bonds is 5. The fourth-order valence-corrected chi connectivity index (χ4v) is 2.58. The molecule has 0 unspecified atom stereocenters. The molecule has 0 aliphatic rings. The number of halogens is 1. The predicted molar refractivity (Wildman–Crippen MR) is 106 cm³/mol. The molecule has 7 heteroatoms. The van der Waals surface area contributed by atoms with Crippen molar-refractivity contribution in [1.29, 1.82) is 0 Å². The summed E-state index contributed by atoms with van der Waals surface area (Å²) in [5, 5.41) is 10.9. The van der Waals surface area contributed by atoms with Crippen LogP contribution in [0.3, 0.4) is 0 Å². The largest absolute Gasteiger partial charge is 0.327 e. The first-order valence-electron chi connectivity index (χ1n) is 7.92. The number of fused-ring (bicyclic) bond motifs is 1. The van der Waals surface area contributed by atoms with Crippen LogP contribution < -0.4 is 16.6 Å². The lowest BCUT2D eigenvalue weighted by Crippen LogP contribution is -2.11. The summed E-state index contributed by atoms with van der Waals surface area (Å²) in [4.78, 5) is 23.8. The summed E-state index contributed by atoms with van der Waals surface area (Å²) in [6, 6.07) is 14.7. The molecule has 6 nitrogen and oxygen atoms in total. The van der Waals surface area contributed by atoms with Crippen LogP contribution in [-0.2, 0) is 4.79 Å². The molecule has 1 amide bonds. The molecule has 4 N–H and O–H groups in total. The Kier molecular flexibility index (Phi) is 6.66. The van der Waals surface area contributed by atoms with Crippen LogP contribution in [0.2, 0.25) is 0 Å². The first kappa shape index (κ1) is 19.4. The first-order valence-corrected chi connectivity index (χ1v) is 7.92. The summed E-state index contributed by atoms with van der Waals surface area (Å²) in [5.41, 5.74) is 7.27. The van der Waals surface area contributed by atoms with Crippen molar-refractivity contribution in [2.75, 3.05) is 11.9 Å². The average molecular weight is 371 g/mol. The molecule has 0 saturated heterocycles. The van der Waals surface area contributed by atoms with Crippen molar-refractivity contribution in [3.63, 3.8) is 0 Å². The van der Waals surface area contributed by atoms with E-state index in [2.05, 4.69) is 15.5 Å². The third-order valence-electron chi connectivity index (χ3n) is 3.72. The number of nitrogens with two attached hydrogens (primary N) is 1. The van der Waals surface area contributed by atoms with Crippen LogP contribution in [0.4, 0.5) is 5.69 Å². The van der Waals surface area contributed by atoms with Crippen LogP contribution >= 0.6 is 12.4 Å². The summed E-state index contributed by atoms with van der Waals surface area (Å²) in [7, 11) is 0. The fraction of sp³-hybridized carbons (Fsp3) is 0.105. The first-order chi connectivity index (χ1) is 12.2. The van der Waals surface area contributed by atoms with E-state index >= 15 is 0 Å². The van der Waals surface area contributed by atoms with Crippen molar-refractivity contribution in [3.8, 4) is 11.3 Å². The highest BCUT2D eigenvalue weighted by molar-refractivity contribution is 5.96. The fourth-order valence-electron chi connectivity index (χ4n) is 2.58. The zero-order valence-electron chi connectivity index (χ0n) is 13.9. The minimum Gasteiger partial charge on any atom is -0.327 e. The highest BCUT2D eigenvalue weighted by atomic mass is 35.5. The minimum atomic E-state index is -0.226. The van der Waals surface area contributed by atoms with Crippen LogP contribution in [-0.4, -0.2) is 22.6 Å². The Hall–Kier alpha value is -2.96. The molecule has 0 aliphatic heterocycles. The van der Waals surface area contributed by atoms with Crippen molar-refractivity contribution in [2.24, 2.45) is 5.73 Å². The number of nitrogens with one attached hydrogen (secondary N) is 2. The number of nitrogens with zero attached hydrogens (tertiary/aromatic N) is 1. The van der Waals surface area contributed by atoms with E-state index in [4.69, 9.17) is 5.73 Å². The van der Waals surface area contributed by atoms with Gasteiger partial charge in [-0.3, -0.25) is 9.59 Å². The van der Waals surface area contributed by atoms with E-state index in [9.17, 15) is 9.59 Å². The maximum Gasteiger partial charge on any atom is 0.272 e. The second-order valence-electron chi connectivity index (χ2n) is 5.49. The van der Waals surface area contributed by atoms with Crippen LogP contribution in [0, 0.1) is 0 Å². The molecule has 0 spiro atoms. The summed E-state index contributed by atoms with van der Waals surface area (Å²) < 4.78 is 0. The SMILES string of the molecule is Cl.NC/C=C/CC(=O)Nc1cccc(-c2n[nH]c(=O)c3ccccc23)c1. The Labute approximate surface area is 156 Å². The van der Waals surface area contributed by atoms with Crippen molar-refractivity contribution in [3.05, 3.63) is 71.0 Å². The Balaban J connectivity index is 0.00000243. The van der Waals surface area contributed by atoms with Crippen molar-refractivity contribution < 1.29 is 4.79 Å². The van der Waals surface area contributed by atoms with Crippen molar-refractivity contribution in [1.82, 2.24) is 10.2 Å². The van der Waals surface area contributed by atoms with Gasteiger partial charge in [0.25, 0.3) is 5.56 Å². The zero-order valence-corrected chi connectivity index (χ0v) is 14.8. The number of aromatic amines is 1. The maximum absolute atomic E-state index is 11.9. The van der Waals surface area contributed by atoms with E-state index in [0.717, 1.165) is 10.9 Å². The van der Waals surface area contributed by atoms with E-state index in [1.165, 1.54) is 0 Å². The third kappa shape index (κ3) is 4.36. The van der Waals surface area contributed by atoms with E-state index in [0.29, 0.717) is 23.3 Å². The van der Waals surface area contributed by atoms with Gasteiger partial charge in [-0.2, -0.15) is 5.10 Å². The molecule has 0 bridgehead atoms. The van der Waals surface area contributed by atoms with Gasteiger partial charge in [-0.15, -0.1) is 12.4 Å². The van der Waals surface area contributed by atoms with Crippen LogP contribution in [0.15, 0.2) is 65.5 Å². The van der Waals surface area contributed by atoms with Crippen LogP contribution in [0.5, 0.6) is 0 Å². The lowest BCUT2D eigenvalue weighted by atomic mass is 10.0. The number of H-pyrrole nitrogens is 1. The number of carbonyl (C=O) groups is 1. The van der Waals surface area contributed by atoms with Gasteiger partial charge in [0.2, 0.25) is 5.91 Å². The average Bonchev–Trinajstić information content (AvgIpc) is 2.63. The monoisotopic (exact) mass is 370 g/mol. The summed E-state index contributed by atoms with van der Waals surface area (Å²) >= 11 is 0. The van der Waals surface area contributed by atoms with Crippen molar-refractivity contribution >= 4 is 34.8 Å². The van der Waals surface area contributed by atoms with Crippen LogP contribution in [0.25, 0.3) is 22.0 Å². The van der Waals surface area contributed by atoms with Gasteiger partial charge in [0.1, 0.15) is 0 Å². The summed E-state index contributed by atoms with van der Waals surface area (Å²) in [5.74, 6) is -0.124. The van der Waals surface area contributed by atoms with Gasteiger partial charge in [-0.1, -0.05) is 42.5 Å². The molecule has 26 heavy (non-hydrogen) atoms. The lowest BCUT2D eigenvalue weighted by molar-refractivity contribution is -0.115.